The number of anilines is 1. The van der Waals surface area contributed by atoms with E-state index in [0.29, 0.717) is 13.2 Å². The standard InChI is InChI=1S/C20H24N2O2/c1-15(23)21-14-16-8-9-19-18(12-16)13-20(24-11-10-22(19)2)17-6-4-3-5-7-17/h3-9,12,20H,10-11,13-14H2,1-2H3,(H,21,23). The van der Waals surface area contributed by atoms with Crippen LogP contribution in [0.4, 0.5) is 5.69 Å². The number of rotatable bonds is 3. The van der Waals surface area contributed by atoms with E-state index in [-0.39, 0.29) is 12.0 Å². The summed E-state index contributed by atoms with van der Waals surface area (Å²) in [5.41, 5.74) is 4.82. The van der Waals surface area contributed by atoms with Gasteiger partial charge in [-0.05, 0) is 22.8 Å². The molecule has 4 heteroatoms. The Hall–Kier alpha value is -2.33. The second-order valence-corrected chi connectivity index (χ2v) is 6.27. The van der Waals surface area contributed by atoms with Gasteiger partial charge in [0.25, 0.3) is 0 Å². The van der Waals surface area contributed by atoms with Gasteiger partial charge in [0.2, 0.25) is 5.91 Å². The first kappa shape index (κ1) is 16.5. The van der Waals surface area contributed by atoms with Crippen LogP contribution in [-0.4, -0.2) is 26.1 Å². The molecule has 1 amide bonds. The minimum absolute atomic E-state index is 0.00986. The van der Waals surface area contributed by atoms with Crippen molar-refractivity contribution in [1.82, 2.24) is 5.32 Å². The molecule has 126 valence electrons. The van der Waals surface area contributed by atoms with Crippen LogP contribution in [0.5, 0.6) is 0 Å². The van der Waals surface area contributed by atoms with E-state index in [1.165, 1.54) is 16.8 Å². The van der Waals surface area contributed by atoms with Crippen LogP contribution in [-0.2, 0) is 22.5 Å². The van der Waals surface area contributed by atoms with Gasteiger partial charge in [-0.1, -0.05) is 42.5 Å². The fraction of sp³-hybridized carbons (Fsp3) is 0.350. The topological polar surface area (TPSA) is 41.6 Å². The molecule has 0 saturated carbocycles. The zero-order valence-electron chi connectivity index (χ0n) is 14.3. The fourth-order valence-corrected chi connectivity index (χ4v) is 3.10. The van der Waals surface area contributed by atoms with Crippen LogP contribution in [0.1, 0.15) is 29.7 Å². The molecule has 0 radical (unpaired) electrons. The van der Waals surface area contributed by atoms with Crippen LogP contribution in [0.2, 0.25) is 0 Å². The molecule has 1 N–H and O–H groups in total. The molecule has 24 heavy (non-hydrogen) atoms. The van der Waals surface area contributed by atoms with Crippen LogP contribution in [0.25, 0.3) is 0 Å². The lowest BCUT2D eigenvalue weighted by molar-refractivity contribution is -0.119. The lowest BCUT2D eigenvalue weighted by atomic mass is 9.97. The number of amides is 1. The third-order valence-electron chi connectivity index (χ3n) is 4.42. The van der Waals surface area contributed by atoms with E-state index < -0.39 is 0 Å². The molecule has 0 fully saturated rings. The van der Waals surface area contributed by atoms with Gasteiger partial charge in [-0.2, -0.15) is 0 Å². The van der Waals surface area contributed by atoms with Crippen LogP contribution in [0.3, 0.4) is 0 Å². The molecular weight excluding hydrogens is 300 g/mol. The molecule has 2 aromatic carbocycles. The summed E-state index contributed by atoms with van der Waals surface area (Å²) in [6.45, 7) is 3.67. The van der Waals surface area contributed by atoms with Gasteiger partial charge in [-0.3, -0.25) is 4.79 Å². The van der Waals surface area contributed by atoms with E-state index in [9.17, 15) is 4.79 Å². The van der Waals surface area contributed by atoms with Gasteiger partial charge in [0.05, 0.1) is 12.7 Å². The second-order valence-electron chi connectivity index (χ2n) is 6.27. The summed E-state index contributed by atoms with van der Waals surface area (Å²) < 4.78 is 6.12. The molecule has 0 spiro atoms. The first-order valence-electron chi connectivity index (χ1n) is 8.37. The quantitative estimate of drug-likeness (QED) is 0.943. The van der Waals surface area contributed by atoms with Crippen LogP contribution < -0.4 is 10.2 Å². The normalized spacial score (nSPS) is 17.6. The predicted octanol–water partition coefficient (Wildman–Crippen LogP) is 3.07. The maximum Gasteiger partial charge on any atom is 0.217 e. The molecule has 1 heterocycles. The molecule has 0 saturated heterocycles. The van der Waals surface area contributed by atoms with E-state index in [4.69, 9.17) is 4.74 Å². The Labute approximate surface area is 143 Å². The van der Waals surface area contributed by atoms with Crippen molar-refractivity contribution in [2.45, 2.75) is 26.0 Å². The van der Waals surface area contributed by atoms with Gasteiger partial charge in [0.15, 0.2) is 0 Å². The number of carbonyl (C=O) groups excluding carboxylic acids is 1. The number of benzene rings is 2. The Bertz CT molecular complexity index is 700. The maximum absolute atomic E-state index is 11.2. The number of ether oxygens (including phenoxy) is 1. The Kier molecular flexibility index (Phi) is 5.16. The molecule has 0 bridgehead atoms. The molecule has 2 aromatic rings. The summed E-state index contributed by atoms with van der Waals surface area (Å²) >= 11 is 0. The minimum Gasteiger partial charge on any atom is -0.372 e. The van der Waals surface area contributed by atoms with Crippen molar-refractivity contribution in [3.05, 3.63) is 65.2 Å². The lowest BCUT2D eigenvalue weighted by Gasteiger charge is -2.30. The Morgan fingerprint density at radius 1 is 1.25 bits per heavy atom. The van der Waals surface area contributed by atoms with E-state index >= 15 is 0 Å². The maximum atomic E-state index is 11.2. The summed E-state index contributed by atoms with van der Waals surface area (Å²) in [5, 5.41) is 2.87. The van der Waals surface area contributed by atoms with Crippen molar-refractivity contribution in [2.24, 2.45) is 0 Å². The van der Waals surface area contributed by atoms with Crippen molar-refractivity contribution in [3.8, 4) is 0 Å². The zero-order chi connectivity index (χ0) is 16.9. The molecule has 1 aliphatic heterocycles. The largest absolute Gasteiger partial charge is 0.372 e. The van der Waals surface area contributed by atoms with Crippen molar-refractivity contribution >= 4 is 11.6 Å². The van der Waals surface area contributed by atoms with Crippen LogP contribution >= 0.6 is 0 Å². The average Bonchev–Trinajstić information content (AvgIpc) is 2.58. The van der Waals surface area contributed by atoms with Crippen LogP contribution in [0.15, 0.2) is 48.5 Å². The first-order chi connectivity index (χ1) is 11.6. The second kappa shape index (κ2) is 7.49. The summed E-state index contributed by atoms with van der Waals surface area (Å²) in [6, 6.07) is 16.8. The number of hydrogen-bond acceptors (Lipinski definition) is 3. The van der Waals surface area contributed by atoms with Crippen LogP contribution in [0, 0.1) is 0 Å². The number of nitrogens with zero attached hydrogens (tertiary/aromatic N) is 1. The fourth-order valence-electron chi connectivity index (χ4n) is 3.10. The lowest BCUT2D eigenvalue weighted by Crippen LogP contribution is -2.28. The highest BCUT2D eigenvalue weighted by Crippen LogP contribution is 2.30. The molecule has 0 aromatic heterocycles. The molecule has 1 unspecified atom stereocenters. The predicted molar refractivity (Wildman–Crippen MR) is 96.1 cm³/mol. The Morgan fingerprint density at radius 2 is 2.04 bits per heavy atom. The summed E-state index contributed by atoms with van der Waals surface area (Å²) in [7, 11) is 2.10. The van der Waals surface area contributed by atoms with Gasteiger partial charge < -0.3 is 15.0 Å². The van der Waals surface area contributed by atoms with Gasteiger partial charge in [0, 0.05) is 39.2 Å². The minimum atomic E-state index is -0.00986. The van der Waals surface area contributed by atoms with E-state index in [1.54, 1.807) is 6.92 Å². The first-order valence-corrected chi connectivity index (χ1v) is 8.37. The van der Waals surface area contributed by atoms with Gasteiger partial charge in [0.1, 0.15) is 0 Å². The summed E-state index contributed by atoms with van der Waals surface area (Å²) in [5.74, 6) is -0.00986. The highest BCUT2D eigenvalue weighted by atomic mass is 16.5. The number of likely N-dealkylation sites (N-methyl/N-ethyl adjacent to an activating group) is 1. The molecule has 1 aliphatic rings. The highest BCUT2D eigenvalue weighted by Gasteiger charge is 2.20. The van der Waals surface area contributed by atoms with E-state index in [1.807, 2.05) is 6.07 Å². The number of fused-ring (bicyclic) bond motifs is 1. The van der Waals surface area contributed by atoms with Crippen molar-refractivity contribution in [3.63, 3.8) is 0 Å². The summed E-state index contributed by atoms with van der Waals surface area (Å²) in [4.78, 5) is 13.4. The molecule has 0 aliphatic carbocycles. The highest BCUT2D eigenvalue weighted by molar-refractivity contribution is 5.72. The zero-order valence-corrected chi connectivity index (χ0v) is 14.3. The monoisotopic (exact) mass is 324 g/mol. The van der Waals surface area contributed by atoms with Gasteiger partial charge in [-0.25, -0.2) is 0 Å². The SMILES string of the molecule is CC(=O)NCc1ccc2c(c1)CC(c1ccccc1)OCCN2C. The van der Waals surface area contributed by atoms with E-state index in [2.05, 4.69) is 59.7 Å². The number of hydrogen-bond donors (Lipinski definition) is 1. The molecular formula is C20H24N2O2. The number of carbonyl (C=O) groups is 1. The van der Waals surface area contributed by atoms with Crippen molar-refractivity contribution < 1.29 is 9.53 Å². The molecule has 3 rings (SSSR count). The van der Waals surface area contributed by atoms with Gasteiger partial charge >= 0.3 is 0 Å². The van der Waals surface area contributed by atoms with E-state index in [0.717, 1.165) is 18.5 Å². The average molecular weight is 324 g/mol. The van der Waals surface area contributed by atoms with Gasteiger partial charge in [-0.15, -0.1) is 0 Å². The Balaban J connectivity index is 1.89. The third-order valence-corrected chi connectivity index (χ3v) is 4.42. The summed E-state index contributed by atoms with van der Waals surface area (Å²) in [6.07, 6.45) is 0.895. The molecule has 4 nitrogen and oxygen atoms in total. The third kappa shape index (κ3) is 3.95. The number of nitrogens with one attached hydrogen (secondary N) is 1. The van der Waals surface area contributed by atoms with Crippen molar-refractivity contribution in [2.75, 3.05) is 25.1 Å². The Morgan fingerprint density at radius 3 is 2.79 bits per heavy atom. The molecule has 1 atom stereocenters. The smallest absolute Gasteiger partial charge is 0.217 e. The van der Waals surface area contributed by atoms with Crippen molar-refractivity contribution in [1.29, 1.82) is 0 Å².